The molecule has 0 saturated carbocycles. The fourth-order valence-corrected chi connectivity index (χ4v) is 5.45. The number of benzene rings is 2. The second kappa shape index (κ2) is 10.5. The minimum atomic E-state index is -0.833. The second-order valence-electron chi connectivity index (χ2n) is 9.63. The summed E-state index contributed by atoms with van der Waals surface area (Å²) >= 11 is 0. The molecule has 9 heteroatoms. The van der Waals surface area contributed by atoms with Gasteiger partial charge in [-0.05, 0) is 49.4 Å². The predicted molar refractivity (Wildman–Crippen MR) is 130 cm³/mol. The zero-order valence-electron chi connectivity index (χ0n) is 20.3. The van der Waals surface area contributed by atoms with Gasteiger partial charge in [0.1, 0.15) is 11.6 Å². The molecule has 0 aromatic heterocycles. The van der Waals surface area contributed by atoms with E-state index in [1.807, 2.05) is 18.2 Å². The first-order valence-electron chi connectivity index (χ1n) is 12.6. The summed E-state index contributed by atoms with van der Waals surface area (Å²) in [6, 6.07) is 10.1. The van der Waals surface area contributed by atoms with Crippen LogP contribution in [0, 0.1) is 5.82 Å². The molecular weight excluding hydrogens is 465 g/mol. The number of carbonyl (C=O) groups is 2. The lowest BCUT2D eigenvalue weighted by molar-refractivity contribution is -0.00740. The van der Waals surface area contributed by atoms with Gasteiger partial charge >= 0.3 is 0 Å². The molecule has 2 saturated heterocycles. The smallest absolute Gasteiger partial charge is 0.257 e. The van der Waals surface area contributed by atoms with Crippen LogP contribution in [-0.2, 0) is 17.7 Å². The lowest BCUT2D eigenvalue weighted by atomic mass is 9.93. The monoisotopic (exact) mass is 497 g/mol. The molecule has 192 valence electrons. The van der Waals surface area contributed by atoms with Gasteiger partial charge in [-0.1, -0.05) is 24.3 Å². The standard InChI is InChI=1S/C27H32FN3O5/c1-2-36-25-11-20(27(34)31-18-7-8-19(31)15-35-14-18)22(28)10-21(25)26(33)30-13-24(32)23-9-16-5-3-4-6-17(16)12-29-23/h3-6,10-11,18-19,23-24,29,32H,2,7-9,12-15H2,1H3,(H,30,33)/t18?,19?,23-,24+/m0/s1. The van der Waals surface area contributed by atoms with E-state index in [1.165, 1.54) is 17.2 Å². The molecule has 36 heavy (non-hydrogen) atoms. The van der Waals surface area contributed by atoms with E-state index in [1.54, 1.807) is 11.8 Å². The quantitative estimate of drug-likeness (QED) is 0.542. The number of hydrogen-bond acceptors (Lipinski definition) is 6. The molecule has 2 fully saturated rings. The van der Waals surface area contributed by atoms with E-state index in [0.29, 0.717) is 26.2 Å². The van der Waals surface area contributed by atoms with Crippen LogP contribution >= 0.6 is 0 Å². The molecule has 2 amide bonds. The lowest BCUT2D eigenvalue weighted by Crippen LogP contribution is -2.49. The third-order valence-corrected chi connectivity index (χ3v) is 7.37. The summed E-state index contributed by atoms with van der Waals surface area (Å²) in [4.78, 5) is 27.9. The third-order valence-electron chi connectivity index (χ3n) is 7.37. The average Bonchev–Trinajstić information content (AvgIpc) is 3.15. The van der Waals surface area contributed by atoms with Crippen LogP contribution < -0.4 is 15.4 Å². The Bertz CT molecular complexity index is 1130. The van der Waals surface area contributed by atoms with Gasteiger partial charge in [-0.15, -0.1) is 0 Å². The molecule has 2 bridgehead atoms. The number of ether oxygens (including phenoxy) is 2. The van der Waals surface area contributed by atoms with E-state index in [0.717, 1.165) is 18.9 Å². The van der Waals surface area contributed by atoms with Crippen LogP contribution in [0.3, 0.4) is 0 Å². The average molecular weight is 498 g/mol. The van der Waals surface area contributed by atoms with Crippen molar-refractivity contribution in [2.75, 3.05) is 26.4 Å². The number of carbonyl (C=O) groups excluding carboxylic acids is 2. The molecule has 2 aromatic carbocycles. The molecule has 3 aliphatic heterocycles. The maximum absolute atomic E-state index is 15.2. The molecular formula is C27H32FN3O5. The number of nitrogens with one attached hydrogen (secondary N) is 2. The minimum absolute atomic E-state index is 0.00926. The van der Waals surface area contributed by atoms with Gasteiger partial charge in [0.25, 0.3) is 11.8 Å². The summed E-state index contributed by atoms with van der Waals surface area (Å²) in [7, 11) is 0. The summed E-state index contributed by atoms with van der Waals surface area (Å²) in [5.41, 5.74) is 2.24. The Balaban J connectivity index is 1.28. The zero-order chi connectivity index (χ0) is 25.2. The number of hydrogen-bond donors (Lipinski definition) is 3. The second-order valence-corrected chi connectivity index (χ2v) is 9.63. The number of aliphatic hydroxyl groups excluding tert-OH is 1. The van der Waals surface area contributed by atoms with Crippen LogP contribution in [0.2, 0.25) is 0 Å². The number of fused-ring (bicyclic) bond motifs is 3. The first-order valence-corrected chi connectivity index (χ1v) is 12.6. The fourth-order valence-electron chi connectivity index (χ4n) is 5.45. The SMILES string of the molecule is CCOc1cc(C(=O)N2C3CCC2COC3)c(F)cc1C(=O)NC[C@@H](O)[C@@H]1Cc2ccccc2CN1. The molecule has 3 heterocycles. The van der Waals surface area contributed by atoms with Gasteiger partial charge in [-0.3, -0.25) is 9.59 Å². The number of nitrogens with zero attached hydrogens (tertiary/aromatic N) is 1. The Hall–Kier alpha value is -3.01. The topological polar surface area (TPSA) is 100 Å². The summed E-state index contributed by atoms with van der Waals surface area (Å²) in [5, 5.41) is 16.7. The normalized spacial score (nSPS) is 23.6. The Morgan fingerprint density at radius 3 is 2.64 bits per heavy atom. The van der Waals surface area contributed by atoms with Crippen molar-refractivity contribution in [3.8, 4) is 5.75 Å². The van der Waals surface area contributed by atoms with Crippen LogP contribution in [0.15, 0.2) is 36.4 Å². The maximum atomic E-state index is 15.2. The van der Waals surface area contributed by atoms with Gasteiger partial charge in [-0.2, -0.15) is 0 Å². The molecule has 2 unspecified atom stereocenters. The number of morpholine rings is 1. The number of rotatable bonds is 7. The van der Waals surface area contributed by atoms with Crippen LogP contribution in [0.25, 0.3) is 0 Å². The van der Waals surface area contributed by atoms with Crippen molar-refractivity contribution < 1.29 is 28.6 Å². The summed E-state index contributed by atoms with van der Waals surface area (Å²) in [5.74, 6) is -1.61. The Morgan fingerprint density at radius 1 is 1.19 bits per heavy atom. The van der Waals surface area contributed by atoms with Crippen LogP contribution in [0.5, 0.6) is 5.75 Å². The molecule has 2 aromatic rings. The molecule has 0 aliphatic carbocycles. The Kier molecular flexibility index (Phi) is 7.22. The highest BCUT2D eigenvalue weighted by Crippen LogP contribution is 2.32. The molecule has 3 N–H and O–H groups in total. The van der Waals surface area contributed by atoms with E-state index in [2.05, 4.69) is 16.7 Å². The largest absolute Gasteiger partial charge is 0.493 e. The summed E-state index contributed by atoms with van der Waals surface area (Å²) < 4.78 is 26.3. The van der Waals surface area contributed by atoms with Crippen molar-refractivity contribution >= 4 is 11.8 Å². The molecule has 0 spiro atoms. The van der Waals surface area contributed by atoms with E-state index < -0.39 is 23.7 Å². The van der Waals surface area contributed by atoms with Crippen molar-refractivity contribution in [1.82, 2.24) is 15.5 Å². The van der Waals surface area contributed by atoms with Crippen LogP contribution in [0.1, 0.15) is 51.6 Å². The third kappa shape index (κ3) is 4.83. The molecule has 8 nitrogen and oxygen atoms in total. The van der Waals surface area contributed by atoms with Crippen molar-refractivity contribution in [3.63, 3.8) is 0 Å². The van der Waals surface area contributed by atoms with Gasteiger partial charge in [0.05, 0.1) is 49.1 Å². The first-order chi connectivity index (χ1) is 17.5. The minimum Gasteiger partial charge on any atom is -0.493 e. The van der Waals surface area contributed by atoms with Gasteiger partial charge in [0.15, 0.2) is 0 Å². The number of halogens is 1. The van der Waals surface area contributed by atoms with Crippen LogP contribution in [-0.4, -0.2) is 72.4 Å². The highest BCUT2D eigenvalue weighted by Gasteiger charge is 2.41. The highest BCUT2D eigenvalue weighted by molar-refractivity contribution is 6.00. The molecule has 3 aliphatic rings. The highest BCUT2D eigenvalue weighted by atomic mass is 19.1. The zero-order valence-corrected chi connectivity index (χ0v) is 20.3. The predicted octanol–water partition coefficient (Wildman–Crippen LogP) is 2.03. The van der Waals surface area contributed by atoms with E-state index in [-0.39, 0.29) is 48.2 Å². The molecule has 4 atom stereocenters. The van der Waals surface area contributed by atoms with Crippen molar-refractivity contribution in [2.24, 2.45) is 0 Å². The van der Waals surface area contributed by atoms with Gasteiger partial charge in [0, 0.05) is 19.1 Å². The van der Waals surface area contributed by atoms with Crippen molar-refractivity contribution in [2.45, 2.75) is 57.0 Å². The van der Waals surface area contributed by atoms with Crippen molar-refractivity contribution in [3.05, 3.63) is 64.5 Å². The van der Waals surface area contributed by atoms with Crippen molar-refractivity contribution in [1.29, 1.82) is 0 Å². The van der Waals surface area contributed by atoms with E-state index in [4.69, 9.17) is 9.47 Å². The van der Waals surface area contributed by atoms with Gasteiger partial charge in [-0.25, -0.2) is 4.39 Å². The van der Waals surface area contributed by atoms with E-state index in [9.17, 15) is 14.7 Å². The Labute approximate surface area is 209 Å². The van der Waals surface area contributed by atoms with Gasteiger partial charge < -0.3 is 30.1 Å². The molecule has 5 rings (SSSR count). The fraction of sp³-hybridized carbons (Fsp3) is 0.481. The van der Waals surface area contributed by atoms with Gasteiger partial charge in [0.2, 0.25) is 0 Å². The number of amides is 2. The summed E-state index contributed by atoms with van der Waals surface area (Å²) in [6.07, 6.45) is 1.48. The first kappa shape index (κ1) is 24.7. The Morgan fingerprint density at radius 2 is 1.92 bits per heavy atom. The maximum Gasteiger partial charge on any atom is 0.257 e. The van der Waals surface area contributed by atoms with E-state index >= 15 is 4.39 Å². The lowest BCUT2D eigenvalue weighted by Gasteiger charge is -2.34. The number of aliphatic hydroxyl groups is 1. The molecule has 0 radical (unpaired) electrons. The van der Waals surface area contributed by atoms with Crippen LogP contribution in [0.4, 0.5) is 4.39 Å². The summed E-state index contributed by atoms with van der Waals surface area (Å²) in [6.45, 7) is 3.54.